The number of carbonyl (C=O) groups excluding carboxylic acids is 2. The number of hydrogen-bond donors (Lipinski definition) is 3. The van der Waals surface area contributed by atoms with Crippen molar-refractivity contribution in [3.8, 4) is 0 Å². The molecule has 0 saturated carbocycles. The minimum Gasteiger partial charge on any atom is -0.349 e. The third-order valence-electron chi connectivity index (χ3n) is 5.65. The highest BCUT2D eigenvalue weighted by atomic mass is 16.2. The minimum atomic E-state index is -0.434. The molecule has 2 amide bonds. The number of amides is 2. The van der Waals surface area contributed by atoms with Crippen LogP contribution in [0.1, 0.15) is 58.4 Å². The van der Waals surface area contributed by atoms with Crippen LogP contribution in [0.25, 0.3) is 0 Å². The van der Waals surface area contributed by atoms with Crippen molar-refractivity contribution in [1.82, 2.24) is 10.3 Å². The second-order valence-corrected chi connectivity index (χ2v) is 7.83. The lowest BCUT2D eigenvalue weighted by Gasteiger charge is -2.27. The van der Waals surface area contributed by atoms with Crippen LogP contribution >= 0.6 is 0 Å². The van der Waals surface area contributed by atoms with Crippen LogP contribution < -0.4 is 16.4 Å². The van der Waals surface area contributed by atoms with Gasteiger partial charge >= 0.3 is 0 Å². The fraction of sp³-hybridized carbons (Fsp3) is 0.240. The predicted octanol–water partition coefficient (Wildman–Crippen LogP) is 3.92. The number of hydrogen-bond acceptors (Lipinski definition) is 4. The molecule has 0 aliphatic heterocycles. The molecule has 0 bridgehead atoms. The quantitative estimate of drug-likeness (QED) is 0.569. The smallest absolute Gasteiger partial charge is 0.255 e. The summed E-state index contributed by atoms with van der Waals surface area (Å²) in [4.78, 5) is 28.9. The van der Waals surface area contributed by atoms with Gasteiger partial charge in [-0.3, -0.25) is 14.6 Å². The number of nitrogens with two attached hydrogens (primary N) is 1. The minimum absolute atomic E-state index is 0.0453. The molecule has 1 heterocycles. The van der Waals surface area contributed by atoms with Crippen molar-refractivity contribution in [2.24, 2.45) is 5.73 Å². The summed E-state index contributed by atoms with van der Waals surface area (Å²) in [6.45, 7) is 0. The van der Waals surface area contributed by atoms with Crippen molar-refractivity contribution < 1.29 is 9.59 Å². The SMILES string of the molecule is NC(CC(=O)N[C@H]1CCCc2ccccc21)c1ccc(C(=O)Nc2ccncc2)cc1. The number of fused-ring (bicyclic) bond motifs is 1. The zero-order chi connectivity index (χ0) is 21.6. The van der Waals surface area contributed by atoms with Gasteiger partial charge in [-0.15, -0.1) is 0 Å². The highest BCUT2D eigenvalue weighted by molar-refractivity contribution is 6.04. The first kappa shape index (κ1) is 20.8. The van der Waals surface area contributed by atoms with E-state index in [0.29, 0.717) is 11.3 Å². The number of aryl methyl sites for hydroxylation is 1. The van der Waals surface area contributed by atoms with E-state index in [-0.39, 0.29) is 24.3 Å². The summed E-state index contributed by atoms with van der Waals surface area (Å²) in [6, 6.07) is 18.4. The van der Waals surface area contributed by atoms with Gasteiger partial charge in [-0.25, -0.2) is 0 Å². The molecule has 0 spiro atoms. The average Bonchev–Trinajstić information content (AvgIpc) is 2.80. The van der Waals surface area contributed by atoms with Gasteiger partial charge in [0, 0.05) is 36.1 Å². The normalized spacial score (nSPS) is 16.1. The first-order valence-electron chi connectivity index (χ1n) is 10.5. The molecule has 3 aromatic rings. The van der Waals surface area contributed by atoms with E-state index in [9.17, 15) is 9.59 Å². The van der Waals surface area contributed by atoms with Crippen molar-refractivity contribution in [2.45, 2.75) is 37.8 Å². The van der Waals surface area contributed by atoms with E-state index < -0.39 is 6.04 Å². The largest absolute Gasteiger partial charge is 0.349 e. The molecule has 0 fully saturated rings. The zero-order valence-electron chi connectivity index (χ0n) is 17.3. The standard InChI is InChI=1S/C25H26N4O2/c26-22(16-24(30)29-23-7-3-5-17-4-1-2-6-21(17)23)18-8-10-19(11-9-18)25(31)28-20-12-14-27-15-13-20/h1-2,4,6,8-15,22-23H,3,5,7,16,26H2,(H,29,30)(H,27,28,31)/t22?,23-/m0/s1. The lowest BCUT2D eigenvalue weighted by molar-refractivity contribution is -0.122. The van der Waals surface area contributed by atoms with Gasteiger partial charge < -0.3 is 16.4 Å². The maximum atomic E-state index is 12.6. The number of aromatic nitrogens is 1. The molecule has 0 saturated heterocycles. The van der Waals surface area contributed by atoms with E-state index in [2.05, 4.69) is 27.8 Å². The summed E-state index contributed by atoms with van der Waals surface area (Å²) in [5.74, 6) is -0.270. The van der Waals surface area contributed by atoms with E-state index in [4.69, 9.17) is 5.73 Å². The number of nitrogens with one attached hydrogen (secondary N) is 2. The number of rotatable bonds is 6. The summed E-state index contributed by atoms with van der Waals surface area (Å²) >= 11 is 0. The van der Waals surface area contributed by atoms with E-state index >= 15 is 0 Å². The number of carbonyl (C=O) groups is 2. The molecule has 6 heteroatoms. The van der Waals surface area contributed by atoms with Crippen LogP contribution in [0.2, 0.25) is 0 Å². The maximum absolute atomic E-state index is 12.6. The summed E-state index contributed by atoms with van der Waals surface area (Å²) in [5, 5.41) is 5.96. The van der Waals surface area contributed by atoms with E-state index in [0.717, 1.165) is 24.8 Å². The molecule has 4 rings (SSSR count). The molecule has 158 valence electrons. The number of anilines is 1. The molecule has 2 atom stereocenters. The van der Waals surface area contributed by atoms with Crippen LogP contribution in [0, 0.1) is 0 Å². The van der Waals surface area contributed by atoms with Crippen LogP contribution in [0.3, 0.4) is 0 Å². The second-order valence-electron chi connectivity index (χ2n) is 7.83. The Labute approximate surface area is 181 Å². The molecule has 1 aliphatic carbocycles. The molecule has 1 unspecified atom stereocenters. The molecule has 1 aliphatic rings. The Bertz CT molecular complexity index is 1050. The van der Waals surface area contributed by atoms with Crippen molar-refractivity contribution in [1.29, 1.82) is 0 Å². The Morgan fingerprint density at radius 1 is 1.03 bits per heavy atom. The van der Waals surface area contributed by atoms with Crippen molar-refractivity contribution in [3.05, 3.63) is 95.3 Å². The van der Waals surface area contributed by atoms with Gasteiger partial charge in [0.05, 0.1) is 6.04 Å². The van der Waals surface area contributed by atoms with Crippen LogP contribution in [-0.2, 0) is 11.2 Å². The van der Waals surface area contributed by atoms with Crippen LogP contribution in [0.4, 0.5) is 5.69 Å². The molecular formula is C25H26N4O2. The second kappa shape index (κ2) is 9.53. The van der Waals surface area contributed by atoms with E-state index in [1.54, 1.807) is 48.8 Å². The van der Waals surface area contributed by atoms with Crippen molar-refractivity contribution in [2.75, 3.05) is 5.32 Å². The molecule has 31 heavy (non-hydrogen) atoms. The topological polar surface area (TPSA) is 97.1 Å². The van der Waals surface area contributed by atoms with Crippen molar-refractivity contribution >= 4 is 17.5 Å². The molecule has 4 N–H and O–H groups in total. The summed E-state index contributed by atoms with van der Waals surface area (Å²) < 4.78 is 0. The van der Waals surface area contributed by atoms with Crippen LogP contribution in [0.15, 0.2) is 73.1 Å². The van der Waals surface area contributed by atoms with Crippen LogP contribution in [0.5, 0.6) is 0 Å². The third-order valence-corrected chi connectivity index (χ3v) is 5.65. The Balaban J connectivity index is 1.34. The van der Waals surface area contributed by atoms with E-state index in [1.165, 1.54) is 11.1 Å². The number of benzene rings is 2. The van der Waals surface area contributed by atoms with Crippen molar-refractivity contribution in [3.63, 3.8) is 0 Å². The van der Waals surface area contributed by atoms with Gasteiger partial charge in [-0.1, -0.05) is 36.4 Å². The predicted molar refractivity (Wildman–Crippen MR) is 120 cm³/mol. The number of pyridine rings is 1. The summed E-state index contributed by atoms with van der Waals surface area (Å²) in [5.41, 5.74) is 10.8. The van der Waals surface area contributed by atoms with Gasteiger partial charge in [0.1, 0.15) is 0 Å². The third kappa shape index (κ3) is 5.16. The maximum Gasteiger partial charge on any atom is 0.255 e. The molecular weight excluding hydrogens is 388 g/mol. The summed E-state index contributed by atoms with van der Waals surface area (Å²) in [7, 11) is 0. The monoisotopic (exact) mass is 414 g/mol. The fourth-order valence-corrected chi connectivity index (χ4v) is 3.99. The highest BCUT2D eigenvalue weighted by Crippen LogP contribution is 2.29. The Morgan fingerprint density at radius 2 is 1.77 bits per heavy atom. The Kier molecular flexibility index (Phi) is 6.38. The van der Waals surface area contributed by atoms with E-state index in [1.807, 2.05) is 12.1 Å². The van der Waals surface area contributed by atoms with Crippen LogP contribution in [-0.4, -0.2) is 16.8 Å². The van der Waals surface area contributed by atoms with Gasteiger partial charge in [-0.2, -0.15) is 0 Å². The van der Waals surface area contributed by atoms with Gasteiger partial charge in [0.15, 0.2) is 0 Å². The van der Waals surface area contributed by atoms with Gasteiger partial charge in [-0.05, 0) is 60.2 Å². The zero-order valence-corrected chi connectivity index (χ0v) is 17.3. The lowest BCUT2D eigenvalue weighted by atomic mass is 9.87. The Morgan fingerprint density at radius 3 is 2.55 bits per heavy atom. The molecule has 0 radical (unpaired) electrons. The average molecular weight is 415 g/mol. The first-order chi connectivity index (χ1) is 15.1. The lowest BCUT2D eigenvalue weighted by Crippen LogP contribution is -2.33. The highest BCUT2D eigenvalue weighted by Gasteiger charge is 2.22. The fourth-order valence-electron chi connectivity index (χ4n) is 3.99. The molecule has 1 aromatic heterocycles. The summed E-state index contributed by atoms with van der Waals surface area (Å²) in [6.07, 6.45) is 6.50. The van der Waals surface area contributed by atoms with Gasteiger partial charge in [0.25, 0.3) is 5.91 Å². The molecule has 2 aromatic carbocycles. The molecule has 6 nitrogen and oxygen atoms in total. The Hall–Kier alpha value is -3.51. The number of nitrogens with zero attached hydrogens (tertiary/aromatic N) is 1. The van der Waals surface area contributed by atoms with Gasteiger partial charge in [0.2, 0.25) is 5.91 Å². The first-order valence-corrected chi connectivity index (χ1v) is 10.5.